The van der Waals surface area contributed by atoms with Gasteiger partial charge < -0.3 is 5.73 Å². The molecule has 3 heterocycles. The van der Waals surface area contributed by atoms with Gasteiger partial charge in [-0.3, -0.25) is 14.5 Å². The molecule has 0 bridgehead atoms. The van der Waals surface area contributed by atoms with Crippen molar-refractivity contribution in [1.82, 2.24) is 29.7 Å². The minimum absolute atomic E-state index is 0.108. The fourth-order valence-corrected chi connectivity index (χ4v) is 1.50. The van der Waals surface area contributed by atoms with E-state index in [-0.39, 0.29) is 5.69 Å². The van der Waals surface area contributed by atoms with E-state index in [1.807, 2.05) is 0 Å². The van der Waals surface area contributed by atoms with Crippen LogP contribution in [0.4, 0.5) is 0 Å². The Morgan fingerprint density at radius 1 is 1.41 bits per heavy atom. The molecule has 3 aromatic heterocycles. The molecule has 0 aliphatic rings. The molecule has 0 aromatic carbocycles. The van der Waals surface area contributed by atoms with Crippen LogP contribution in [-0.4, -0.2) is 35.6 Å². The highest BCUT2D eigenvalue weighted by molar-refractivity contribution is 6.01. The molecule has 0 saturated carbocycles. The Labute approximate surface area is 94.5 Å². The standard InChI is InChI=1S/C9H7N7O/c10-8(17)7-6-5(3-12-15-6)13-9(14-7)16-2-1-11-4-16/h1-4H,(H2,10,17)(H,12,15). The lowest BCUT2D eigenvalue weighted by atomic mass is 10.3. The van der Waals surface area contributed by atoms with E-state index >= 15 is 0 Å². The number of primary amides is 1. The van der Waals surface area contributed by atoms with Crippen molar-refractivity contribution in [2.45, 2.75) is 0 Å². The molecule has 1 amide bonds. The average Bonchev–Trinajstić information content (AvgIpc) is 2.98. The summed E-state index contributed by atoms with van der Waals surface area (Å²) in [4.78, 5) is 23.5. The second-order valence-electron chi connectivity index (χ2n) is 3.34. The number of nitrogens with one attached hydrogen (secondary N) is 1. The van der Waals surface area contributed by atoms with Crippen molar-refractivity contribution >= 4 is 16.9 Å². The van der Waals surface area contributed by atoms with Gasteiger partial charge in [-0.2, -0.15) is 5.10 Å². The molecule has 0 aliphatic heterocycles. The predicted octanol–water partition coefficient (Wildman–Crippen LogP) is -0.363. The lowest BCUT2D eigenvalue weighted by Crippen LogP contribution is -2.16. The molecule has 8 nitrogen and oxygen atoms in total. The third-order valence-corrected chi connectivity index (χ3v) is 2.26. The first kappa shape index (κ1) is 9.46. The van der Waals surface area contributed by atoms with Gasteiger partial charge in [0.2, 0.25) is 5.95 Å². The molecule has 0 spiro atoms. The normalized spacial score (nSPS) is 10.8. The van der Waals surface area contributed by atoms with E-state index in [9.17, 15) is 4.79 Å². The Balaban J connectivity index is 2.31. The molecule has 84 valence electrons. The Hall–Kier alpha value is -2.77. The number of imidazole rings is 1. The summed E-state index contributed by atoms with van der Waals surface area (Å²) in [6.07, 6.45) is 6.30. The number of hydrogen-bond donors (Lipinski definition) is 2. The van der Waals surface area contributed by atoms with Crippen LogP contribution in [-0.2, 0) is 0 Å². The van der Waals surface area contributed by atoms with Crippen LogP contribution in [0.3, 0.4) is 0 Å². The highest BCUT2D eigenvalue weighted by atomic mass is 16.1. The molecule has 0 unspecified atom stereocenters. The highest BCUT2D eigenvalue weighted by Crippen LogP contribution is 2.13. The maximum atomic E-state index is 11.3. The highest BCUT2D eigenvalue weighted by Gasteiger charge is 2.14. The molecule has 0 saturated heterocycles. The maximum Gasteiger partial charge on any atom is 0.269 e. The SMILES string of the molecule is NC(=O)c1nc(-n2ccnc2)nc2cn[nH]c12. The topological polar surface area (TPSA) is 115 Å². The Kier molecular flexibility index (Phi) is 1.87. The van der Waals surface area contributed by atoms with Gasteiger partial charge in [0.05, 0.1) is 6.20 Å². The van der Waals surface area contributed by atoms with Gasteiger partial charge in [-0.05, 0) is 0 Å². The number of H-pyrrole nitrogens is 1. The zero-order chi connectivity index (χ0) is 11.8. The molecular weight excluding hydrogens is 222 g/mol. The predicted molar refractivity (Wildman–Crippen MR) is 57.3 cm³/mol. The summed E-state index contributed by atoms with van der Waals surface area (Å²) in [7, 11) is 0. The summed E-state index contributed by atoms with van der Waals surface area (Å²) in [6.45, 7) is 0. The molecule has 17 heavy (non-hydrogen) atoms. The molecule has 3 N–H and O–H groups in total. The van der Waals surface area contributed by atoms with Crippen molar-refractivity contribution in [2.24, 2.45) is 5.73 Å². The summed E-state index contributed by atoms with van der Waals surface area (Å²) >= 11 is 0. The van der Waals surface area contributed by atoms with E-state index in [0.717, 1.165) is 0 Å². The molecule has 8 heteroatoms. The van der Waals surface area contributed by atoms with E-state index in [4.69, 9.17) is 5.73 Å². The summed E-state index contributed by atoms with van der Waals surface area (Å²) in [5.41, 5.74) is 6.32. The summed E-state index contributed by atoms with van der Waals surface area (Å²) in [5.74, 6) is -0.312. The number of rotatable bonds is 2. The van der Waals surface area contributed by atoms with E-state index in [1.54, 1.807) is 17.0 Å². The lowest BCUT2D eigenvalue weighted by molar-refractivity contribution is 0.0997. The van der Waals surface area contributed by atoms with Gasteiger partial charge in [0.1, 0.15) is 17.4 Å². The van der Waals surface area contributed by atoms with Crippen LogP contribution in [0.5, 0.6) is 0 Å². The van der Waals surface area contributed by atoms with Gasteiger partial charge >= 0.3 is 0 Å². The van der Waals surface area contributed by atoms with Gasteiger partial charge in [-0.25, -0.2) is 15.0 Å². The number of hydrogen-bond acceptors (Lipinski definition) is 5. The van der Waals surface area contributed by atoms with Crippen molar-refractivity contribution in [1.29, 1.82) is 0 Å². The molecule has 0 fully saturated rings. The number of amides is 1. The monoisotopic (exact) mass is 229 g/mol. The minimum Gasteiger partial charge on any atom is -0.364 e. The number of nitrogens with two attached hydrogens (primary N) is 1. The van der Waals surface area contributed by atoms with Crippen LogP contribution in [0.15, 0.2) is 24.9 Å². The summed E-state index contributed by atoms with van der Waals surface area (Å²) < 4.78 is 1.58. The van der Waals surface area contributed by atoms with Gasteiger partial charge in [0.25, 0.3) is 5.91 Å². The molecule has 3 aromatic rings. The van der Waals surface area contributed by atoms with E-state index in [1.165, 1.54) is 12.5 Å². The zero-order valence-corrected chi connectivity index (χ0v) is 8.53. The third kappa shape index (κ3) is 1.42. The number of aromatic nitrogens is 6. The Morgan fingerprint density at radius 2 is 2.29 bits per heavy atom. The van der Waals surface area contributed by atoms with Gasteiger partial charge in [-0.15, -0.1) is 0 Å². The summed E-state index contributed by atoms with van der Waals surface area (Å²) in [6, 6.07) is 0. The van der Waals surface area contributed by atoms with Crippen molar-refractivity contribution in [3.63, 3.8) is 0 Å². The fraction of sp³-hybridized carbons (Fsp3) is 0. The molecule has 0 atom stereocenters. The number of nitrogens with zero attached hydrogens (tertiary/aromatic N) is 5. The third-order valence-electron chi connectivity index (χ3n) is 2.26. The molecule has 0 radical (unpaired) electrons. The first-order chi connectivity index (χ1) is 8.25. The number of carbonyl (C=O) groups excluding carboxylic acids is 1. The van der Waals surface area contributed by atoms with Crippen LogP contribution in [0, 0.1) is 0 Å². The fourth-order valence-electron chi connectivity index (χ4n) is 1.50. The van der Waals surface area contributed by atoms with E-state index in [0.29, 0.717) is 17.0 Å². The van der Waals surface area contributed by atoms with Crippen LogP contribution in [0.25, 0.3) is 17.0 Å². The smallest absolute Gasteiger partial charge is 0.269 e. The first-order valence-electron chi connectivity index (χ1n) is 4.75. The van der Waals surface area contributed by atoms with Crippen molar-refractivity contribution in [3.05, 3.63) is 30.6 Å². The second-order valence-corrected chi connectivity index (χ2v) is 3.34. The average molecular weight is 229 g/mol. The minimum atomic E-state index is -0.636. The number of aromatic amines is 1. The van der Waals surface area contributed by atoms with Crippen molar-refractivity contribution in [2.75, 3.05) is 0 Å². The molecule has 3 rings (SSSR count). The molecular formula is C9H7N7O. The van der Waals surface area contributed by atoms with E-state index in [2.05, 4.69) is 25.1 Å². The largest absolute Gasteiger partial charge is 0.364 e. The first-order valence-corrected chi connectivity index (χ1v) is 4.75. The van der Waals surface area contributed by atoms with Gasteiger partial charge in [-0.1, -0.05) is 0 Å². The Morgan fingerprint density at radius 3 is 3.00 bits per heavy atom. The second kappa shape index (κ2) is 3.37. The van der Waals surface area contributed by atoms with Gasteiger partial charge in [0.15, 0.2) is 5.69 Å². The van der Waals surface area contributed by atoms with Crippen molar-refractivity contribution < 1.29 is 4.79 Å². The van der Waals surface area contributed by atoms with Gasteiger partial charge in [0, 0.05) is 12.4 Å². The summed E-state index contributed by atoms with van der Waals surface area (Å²) in [5, 5.41) is 6.45. The van der Waals surface area contributed by atoms with Crippen molar-refractivity contribution in [3.8, 4) is 5.95 Å². The Bertz CT molecular complexity index is 685. The van der Waals surface area contributed by atoms with Crippen LogP contribution in [0.2, 0.25) is 0 Å². The van der Waals surface area contributed by atoms with Crippen LogP contribution >= 0.6 is 0 Å². The number of carbonyl (C=O) groups is 1. The lowest BCUT2D eigenvalue weighted by Gasteiger charge is -2.02. The quantitative estimate of drug-likeness (QED) is 0.622. The zero-order valence-electron chi connectivity index (χ0n) is 8.53. The van der Waals surface area contributed by atoms with Crippen LogP contribution < -0.4 is 5.73 Å². The maximum absolute atomic E-state index is 11.3. The van der Waals surface area contributed by atoms with E-state index < -0.39 is 5.91 Å². The molecule has 0 aliphatic carbocycles. The number of fused-ring (bicyclic) bond motifs is 1. The van der Waals surface area contributed by atoms with Crippen LogP contribution in [0.1, 0.15) is 10.5 Å².